The number of aliphatic hydroxyl groups is 1. The van der Waals surface area contributed by atoms with E-state index in [4.69, 9.17) is 0 Å². The van der Waals surface area contributed by atoms with E-state index in [-0.39, 0.29) is 6.10 Å². The molecule has 0 aliphatic heterocycles. The lowest BCUT2D eigenvalue weighted by Crippen LogP contribution is -2.12. The van der Waals surface area contributed by atoms with Crippen LogP contribution in [0.3, 0.4) is 0 Å². The van der Waals surface area contributed by atoms with Gasteiger partial charge >= 0.3 is 0 Å². The summed E-state index contributed by atoms with van der Waals surface area (Å²) in [7, 11) is 1.87. The Labute approximate surface area is 109 Å². The summed E-state index contributed by atoms with van der Waals surface area (Å²) in [6.07, 6.45) is 3.05. The van der Waals surface area contributed by atoms with Crippen LogP contribution in [0.25, 0.3) is 0 Å². The molecule has 0 bridgehead atoms. The van der Waals surface area contributed by atoms with E-state index < -0.39 is 0 Å². The van der Waals surface area contributed by atoms with Gasteiger partial charge in [-0.3, -0.25) is 0 Å². The summed E-state index contributed by atoms with van der Waals surface area (Å²) in [5, 5.41) is 15.6. The molecule has 102 valence electrons. The summed E-state index contributed by atoms with van der Waals surface area (Å²) < 4.78 is 0. The lowest BCUT2D eigenvalue weighted by Gasteiger charge is -2.16. The number of nitrogens with zero attached hydrogens (tertiary/aromatic N) is 2. The fraction of sp³-hybridized carbons (Fsp3) is 0.692. The second-order valence-corrected chi connectivity index (χ2v) is 4.81. The van der Waals surface area contributed by atoms with Crippen LogP contribution < -0.4 is 10.6 Å². The average molecular weight is 252 g/mol. The minimum atomic E-state index is -0.241. The molecule has 0 aliphatic rings. The molecule has 1 rings (SSSR count). The third-order valence-electron chi connectivity index (χ3n) is 2.79. The van der Waals surface area contributed by atoms with Crippen molar-refractivity contribution in [1.29, 1.82) is 0 Å². The minimum absolute atomic E-state index is 0.241. The highest BCUT2D eigenvalue weighted by atomic mass is 16.3. The molecular weight excluding hydrogens is 228 g/mol. The van der Waals surface area contributed by atoms with E-state index in [1.165, 1.54) is 0 Å². The highest BCUT2D eigenvalue weighted by Gasteiger charge is 2.13. The van der Waals surface area contributed by atoms with Gasteiger partial charge in [0.05, 0.1) is 6.10 Å². The summed E-state index contributed by atoms with van der Waals surface area (Å²) in [6.45, 7) is 6.87. The van der Waals surface area contributed by atoms with E-state index in [1.54, 1.807) is 6.33 Å². The van der Waals surface area contributed by atoms with E-state index in [0.717, 1.165) is 36.6 Å². The van der Waals surface area contributed by atoms with E-state index in [0.29, 0.717) is 5.92 Å². The topological polar surface area (TPSA) is 70.1 Å². The van der Waals surface area contributed by atoms with Gasteiger partial charge in [0.15, 0.2) is 0 Å². The van der Waals surface area contributed by atoms with Crippen molar-refractivity contribution in [3.05, 3.63) is 11.9 Å². The molecule has 5 heteroatoms. The van der Waals surface area contributed by atoms with Gasteiger partial charge in [0.2, 0.25) is 0 Å². The van der Waals surface area contributed by atoms with Gasteiger partial charge in [-0.25, -0.2) is 9.97 Å². The van der Waals surface area contributed by atoms with Crippen LogP contribution in [0.5, 0.6) is 0 Å². The number of nitrogens with one attached hydrogen (secondary N) is 2. The van der Waals surface area contributed by atoms with Crippen molar-refractivity contribution < 1.29 is 5.11 Å². The summed E-state index contributed by atoms with van der Waals surface area (Å²) in [4.78, 5) is 8.53. The maximum absolute atomic E-state index is 9.21. The lowest BCUT2D eigenvalue weighted by molar-refractivity contribution is 0.183. The van der Waals surface area contributed by atoms with Crippen LogP contribution >= 0.6 is 0 Å². The highest BCUT2D eigenvalue weighted by Crippen LogP contribution is 2.27. The summed E-state index contributed by atoms with van der Waals surface area (Å²) in [6, 6.07) is 0. The van der Waals surface area contributed by atoms with Crippen LogP contribution in [0.2, 0.25) is 0 Å². The average Bonchev–Trinajstić information content (AvgIpc) is 2.33. The molecule has 1 atom stereocenters. The van der Waals surface area contributed by atoms with E-state index in [9.17, 15) is 5.11 Å². The molecule has 0 fully saturated rings. The molecule has 0 aromatic carbocycles. The molecule has 1 aromatic rings. The molecule has 1 aromatic heterocycles. The van der Waals surface area contributed by atoms with Crippen molar-refractivity contribution in [2.75, 3.05) is 24.2 Å². The predicted octanol–water partition coefficient (Wildman–Crippen LogP) is 2.21. The van der Waals surface area contributed by atoms with Crippen LogP contribution in [0.1, 0.15) is 45.1 Å². The molecule has 1 unspecified atom stereocenters. The summed E-state index contributed by atoms with van der Waals surface area (Å²) >= 11 is 0. The molecule has 5 nitrogen and oxygen atoms in total. The largest absolute Gasteiger partial charge is 0.393 e. The zero-order valence-electron chi connectivity index (χ0n) is 11.7. The number of aliphatic hydroxyl groups excluding tert-OH is 1. The molecule has 0 spiro atoms. The van der Waals surface area contributed by atoms with Gasteiger partial charge in [0.25, 0.3) is 0 Å². The van der Waals surface area contributed by atoms with Crippen molar-refractivity contribution in [2.24, 2.45) is 0 Å². The quantitative estimate of drug-likeness (QED) is 0.649. The number of hydrogen-bond donors (Lipinski definition) is 3. The van der Waals surface area contributed by atoms with Crippen LogP contribution in [0, 0.1) is 0 Å². The van der Waals surface area contributed by atoms with Gasteiger partial charge < -0.3 is 15.7 Å². The fourth-order valence-corrected chi connectivity index (χ4v) is 1.89. The van der Waals surface area contributed by atoms with Gasteiger partial charge in [-0.15, -0.1) is 0 Å². The van der Waals surface area contributed by atoms with Crippen molar-refractivity contribution in [3.8, 4) is 0 Å². The lowest BCUT2D eigenvalue weighted by atomic mass is 10.0. The Balaban J connectivity index is 2.69. The highest BCUT2D eigenvalue weighted by molar-refractivity contribution is 5.58. The number of anilines is 2. The van der Waals surface area contributed by atoms with Gasteiger partial charge in [-0.05, 0) is 25.7 Å². The van der Waals surface area contributed by atoms with E-state index >= 15 is 0 Å². The summed E-state index contributed by atoms with van der Waals surface area (Å²) in [5.41, 5.74) is 1.11. The van der Waals surface area contributed by atoms with E-state index in [2.05, 4.69) is 34.4 Å². The second-order valence-electron chi connectivity index (χ2n) is 4.81. The molecule has 18 heavy (non-hydrogen) atoms. The second kappa shape index (κ2) is 7.16. The Kier molecular flexibility index (Phi) is 5.85. The zero-order valence-corrected chi connectivity index (χ0v) is 11.7. The normalized spacial score (nSPS) is 12.6. The van der Waals surface area contributed by atoms with Crippen molar-refractivity contribution >= 4 is 11.6 Å². The van der Waals surface area contributed by atoms with Crippen molar-refractivity contribution in [2.45, 2.75) is 45.6 Å². The zero-order chi connectivity index (χ0) is 13.5. The van der Waals surface area contributed by atoms with Gasteiger partial charge in [-0.1, -0.05) is 13.8 Å². The molecule has 0 amide bonds. The van der Waals surface area contributed by atoms with Gasteiger partial charge in [-0.2, -0.15) is 0 Å². The van der Waals surface area contributed by atoms with Gasteiger partial charge in [0.1, 0.15) is 18.0 Å². The van der Waals surface area contributed by atoms with Crippen LogP contribution in [-0.2, 0) is 0 Å². The SMILES string of the molecule is CNc1ncnc(NCCCC(C)O)c1C(C)C. The predicted molar refractivity (Wildman–Crippen MR) is 75.1 cm³/mol. The minimum Gasteiger partial charge on any atom is -0.393 e. The molecular formula is C13H24N4O. The fourth-order valence-electron chi connectivity index (χ4n) is 1.89. The summed E-state index contributed by atoms with van der Waals surface area (Å²) in [5.74, 6) is 2.11. The number of aromatic nitrogens is 2. The Morgan fingerprint density at radius 3 is 2.44 bits per heavy atom. The Hall–Kier alpha value is -1.36. The molecule has 0 saturated carbocycles. The maximum Gasteiger partial charge on any atom is 0.134 e. The van der Waals surface area contributed by atoms with Gasteiger partial charge in [0, 0.05) is 19.2 Å². The van der Waals surface area contributed by atoms with Crippen molar-refractivity contribution in [1.82, 2.24) is 9.97 Å². The molecule has 0 saturated heterocycles. The Morgan fingerprint density at radius 2 is 1.89 bits per heavy atom. The first-order valence-corrected chi connectivity index (χ1v) is 6.50. The maximum atomic E-state index is 9.21. The van der Waals surface area contributed by atoms with E-state index in [1.807, 2.05) is 14.0 Å². The molecule has 1 heterocycles. The third-order valence-corrected chi connectivity index (χ3v) is 2.79. The molecule has 0 aliphatic carbocycles. The Morgan fingerprint density at radius 1 is 1.22 bits per heavy atom. The smallest absolute Gasteiger partial charge is 0.134 e. The number of hydrogen-bond acceptors (Lipinski definition) is 5. The Bertz CT molecular complexity index is 366. The van der Waals surface area contributed by atoms with Crippen LogP contribution in [0.15, 0.2) is 6.33 Å². The molecule has 0 radical (unpaired) electrons. The number of rotatable bonds is 7. The first-order chi connectivity index (χ1) is 8.56. The molecule has 3 N–H and O–H groups in total. The van der Waals surface area contributed by atoms with Crippen LogP contribution in [-0.4, -0.2) is 34.8 Å². The first-order valence-electron chi connectivity index (χ1n) is 6.50. The monoisotopic (exact) mass is 252 g/mol. The van der Waals surface area contributed by atoms with Crippen LogP contribution in [0.4, 0.5) is 11.6 Å². The third kappa shape index (κ3) is 4.14. The van der Waals surface area contributed by atoms with Crippen molar-refractivity contribution in [3.63, 3.8) is 0 Å². The standard InChI is InChI=1S/C13H24N4O/c1-9(2)11-12(14-4)16-8-17-13(11)15-7-5-6-10(3)18/h8-10,18H,5-7H2,1-4H3,(H2,14,15,16,17). The first kappa shape index (κ1) is 14.7.